The van der Waals surface area contributed by atoms with E-state index in [-0.39, 0.29) is 5.91 Å². The Morgan fingerprint density at radius 3 is 2.30 bits per heavy atom. The molecule has 0 unspecified atom stereocenters. The fraction of sp³-hybridized carbons (Fsp3) is 0.235. The fourth-order valence-corrected chi connectivity index (χ4v) is 1.78. The van der Waals surface area contributed by atoms with Crippen LogP contribution in [0.4, 0.5) is 0 Å². The molecule has 0 heterocycles. The summed E-state index contributed by atoms with van der Waals surface area (Å²) in [6.45, 7) is 2.82. The van der Waals surface area contributed by atoms with Crippen molar-refractivity contribution < 1.29 is 9.53 Å². The van der Waals surface area contributed by atoms with Crippen molar-refractivity contribution in [2.75, 3.05) is 6.54 Å². The topological polar surface area (TPSA) is 38.3 Å². The van der Waals surface area contributed by atoms with E-state index in [4.69, 9.17) is 4.74 Å². The summed E-state index contributed by atoms with van der Waals surface area (Å²) in [5, 5.41) is 2.89. The van der Waals surface area contributed by atoms with Crippen molar-refractivity contribution in [2.24, 2.45) is 0 Å². The maximum Gasteiger partial charge on any atom is 0.251 e. The molecule has 0 saturated carbocycles. The summed E-state index contributed by atoms with van der Waals surface area (Å²) in [4.78, 5) is 11.8. The summed E-state index contributed by atoms with van der Waals surface area (Å²) in [7, 11) is 0. The third-order valence-corrected chi connectivity index (χ3v) is 2.91. The van der Waals surface area contributed by atoms with Crippen molar-refractivity contribution in [1.29, 1.82) is 0 Å². The molecule has 1 N–H and O–H groups in total. The summed E-state index contributed by atoms with van der Waals surface area (Å²) in [5.41, 5.74) is 0.654. The number of benzene rings is 2. The molecule has 0 atom stereocenters. The van der Waals surface area contributed by atoms with Crippen LogP contribution in [0.25, 0.3) is 0 Å². The molecule has 2 rings (SSSR count). The number of hydrogen-bond donors (Lipinski definition) is 1. The van der Waals surface area contributed by atoms with Crippen LogP contribution in [-0.4, -0.2) is 12.5 Å². The molecule has 0 fully saturated rings. The summed E-state index contributed by atoms with van der Waals surface area (Å²) >= 11 is 0. The van der Waals surface area contributed by atoms with Gasteiger partial charge in [-0.25, -0.2) is 0 Å². The molecular formula is C17H19NO2. The van der Waals surface area contributed by atoms with Crippen LogP contribution in [0.5, 0.6) is 11.5 Å². The van der Waals surface area contributed by atoms with Gasteiger partial charge in [0.25, 0.3) is 5.91 Å². The van der Waals surface area contributed by atoms with E-state index in [0.717, 1.165) is 30.9 Å². The Morgan fingerprint density at radius 2 is 1.65 bits per heavy atom. The van der Waals surface area contributed by atoms with E-state index in [2.05, 4.69) is 12.2 Å². The van der Waals surface area contributed by atoms with Crippen LogP contribution in [0, 0.1) is 0 Å². The van der Waals surface area contributed by atoms with Gasteiger partial charge >= 0.3 is 0 Å². The molecule has 3 heteroatoms. The van der Waals surface area contributed by atoms with Crippen molar-refractivity contribution in [3.05, 3.63) is 60.2 Å². The first-order valence-corrected chi connectivity index (χ1v) is 6.91. The van der Waals surface area contributed by atoms with E-state index >= 15 is 0 Å². The second-order valence-corrected chi connectivity index (χ2v) is 4.55. The smallest absolute Gasteiger partial charge is 0.251 e. The number of rotatable bonds is 6. The number of hydrogen-bond acceptors (Lipinski definition) is 2. The predicted octanol–water partition coefficient (Wildman–Crippen LogP) is 4.01. The second-order valence-electron chi connectivity index (χ2n) is 4.55. The number of carbonyl (C=O) groups is 1. The van der Waals surface area contributed by atoms with Crippen LogP contribution in [0.3, 0.4) is 0 Å². The van der Waals surface area contributed by atoms with Gasteiger partial charge in [-0.2, -0.15) is 0 Å². The number of para-hydroxylation sites is 1. The van der Waals surface area contributed by atoms with Gasteiger partial charge < -0.3 is 10.1 Å². The van der Waals surface area contributed by atoms with Crippen LogP contribution in [-0.2, 0) is 0 Å². The lowest BCUT2D eigenvalue weighted by atomic mass is 10.2. The fourth-order valence-electron chi connectivity index (χ4n) is 1.78. The first-order valence-electron chi connectivity index (χ1n) is 6.91. The van der Waals surface area contributed by atoms with Crippen LogP contribution in [0.1, 0.15) is 30.1 Å². The Morgan fingerprint density at radius 1 is 1.00 bits per heavy atom. The average molecular weight is 269 g/mol. The van der Waals surface area contributed by atoms with Crippen LogP contribution in [0.2, 0.25) is 0 Å². The minimum absolute atomic E-state index is 0.0373. The highest BCUT2D eigenvalue weighted by atomic mass is 16.5. The number of amides is 1. The molecular weight excluding hydrogens is 250 g/mol. The summed E-state index contributed by atoms with van der Waals surface area (Å²) in [6, 6.07) is 16.7. The highest BCUT2D eigenvalue weighted by Crippen LogP contribution is 2.20. The molecule has 0 saturated heterocycles. The average Bonchev–Trinajstić information content (AvgIpc) is 2.49. The highest BCUT2D eigenvalue weighted by molar-refractivity contribution is 5.94. The molecule has 2 aromatic carbocycles. The van der Waals surface area contributed by atoms with Gasteiger partial charge in [0.15, 0.2) is 0 Å². The van der Waals surface area contributed by atoms with Crippen molar-refractivity contribution in [1.82, 2.24) is 5.32 Å². The molecule has 20 heavy (non-hydrogen) atoms. The van der Waals surface area contributed by atoms with Gasteiger partial charge in [-0.1, -0.05) is 31.5 Å². The van der Waals surface area contributed by atoms with Crippen molar-refractivity contribution in [3.8, 4) is 11.5 Å². The highest BCUT2D eigenvalue weighted by Gasteiger charge is 2.04. The van der Waals surface area contributed by atoms with Crippen molar-refractivity contribution >= 4 is 5.91 Å². The second kappa shape index (κ2) is 7.34. The number of ether oxygens (including phenoxy) is 1. The number of unbranched alkanes of at least 4 members (excludes halogenated alkanes) is 1. The minimum atomic E-state index is -0.0373. The van der Waals surface area contributed by atoms with Crippen LogP contribution < -0.4 is 10.1 Å². The molecule has 0 aliphatic rings. The zero-order chi connectivity index (χ0) is 14.2. The molecule has 2 aromatic rings. The minimum Gasteiger partial charge on any atom is -0.457 e. The first kappa shape index (κ1) is 14.1. The Labute approximate surface area is 119 Å². The summed E-state index contributed by atoms with van der Waals surface area (Å²) < 4.78 is 5.68. The van der Waals surface area contributed by atoms with Gasteiger partial charge in [0.05, 0.1) is 0 Å². The van der Waals surface area contributed by atoms with E-state index in [1.54, 1.807) is 12.1 Å². The third-order valence-electron chi connectivity index (χ3n) is 2.91. The predicted molar refractivity (Wildman–Crippen MR) is 80.2 cm³/mol. The van der Waals surface area contributed by atoms with Gasteiger partial charge in [-0.3, -0.25) is 4.79 Å². The SMILES string of the molecule is CCCCNC(=O)c1ccc(Oc2ccccc2)cc1. The maximum atomic E-state index is 11.8. The van der Waals surface area contributed by atoms with Gasteiger partial charge in [-0.15, -0.1) is 0 Å². The lowest BCUT2D eigenvalue weighted by Gasteiger charge is -2.07. The Hall–Kier alpha value is -2.29. The quantitative estimate of drug-likeness (QED) is 0.805. The molecule has 1 amide bonds. The lowest BCUT2D eigenvalue weighted by molar-refractivity contribution is 0.0953. The van der Waals surface area contributed by atoms with E-state index in [1.165, 1.54) is 0 Å². The van der Waals surface area contributed by atoms with Gasteiger partial charge in [0, 0.05) is 12.1 Å². The zero-order valence-corrected chi connectivity index (χ0v) is 11.6. The molecule has 0 bridgehead atoms. The lowest BCUT2D eigenvalue weighted by Crippen LogP contribution is -2.24. The van der Waals surface area contributed by atoms with Gasteiger partial charge in [0.2, 0.25) is 0 Å². The van der Waals surface area contributed by atoms with Crippen LogP contribution in [0.15, 0.2) is 54.6 Å². The monoisotopic (exact) mass is 269 g/mol. The van der Waals surface area contributed by atoms with Crippen molar-refractivity contribution in [2.45, 2.75) is 19.8 Å². The Bertz CT molecular complexity index is 535. The molecule has 104 valence electrons. The van der Waals surface area contributed by atoms with E-state index < -0.39 is 0 Å². The van der Waals surface area contributed by atoms with Gasteiger partial charge in [-0.05, 0) is 42.8 Å². The van der Waals surface area contributed by atoms with Crippen molar-refractivity contribution in [3.63, 3.8) is 0 Å². The first-order chi connectivity index (χ1) is 9.79. The molecule has 0 aromatic heterocycles. The maximum absolute atomic E-state index is 11.8. The van der Waals surface area contributed by atoms with E-state index in [9.17, 15) is 4.79 Å². The summed E-state index contributed by atoms with van der Waals surface area (Å²) in [5.74, 6) is 1.47. The standard InChI is InChI=1S/C17H19NO2/c1-2-3-13-18-17(19)14-9-11-16(12-10-14)20-15-7-5-4-6-8-15/h4-12H,2-3,13H2,1H3,(H,18,19). The van der Waals surface area contributed by atoms with Gasteiger partial charge in [0.1, 0.15) is 11.5 Å². The molecule has 0 aliphatic heterocycles. The normalized spacial score (nSPS) is 10.1. The Balaban J connectivity index is 1.94. The number of carbonyl (C=O) groups excluding carboxylic acids is 1. The van der Waals surface area contributed by atoms with E-state index in [0.29, 0.717) is 5.56 Å². The summed E-state index contributed by atoms with van der Waals surface area (Å²) in [6.07, 6.45) is 2.07. The molecule has 0 aliphatic carbocycles. The third kappa shape index (κ3) is 4.12. The van der Waals surface area contributed by atoms with Crippen LogP contribution >= 0.6 is 0 Å². The largest absolute Gasteiger partial charge is 0.457 e. The molecule has 0 radical (unpaired) electrons. The Kier molecular flexibility index (Phi) is 5.18. The molecule has 0 spiro atoms. The zero-order valence-electron chi connectivity index (χ0n) is 11.6. The van der Waals surface area contributed by atoms with E-state index in [1.807, 2.05) is 42.5 Å². The number of nitrogens with one attached hydrogen (secondary N) is 1. The molecule has 3 nitrogen and oxygen atoms in total.